The second kappa shape index (κ2) is 11.4. The van der Waals surface area contributed by atoms with Crippen LogP contribution in [0.1, 0.15) is 49.6 Å². The van der Waals surface area contributed by atoms with Gasteiger partial charge in [-0.2, -0.15) is 15.5 Å². The van der Waals surface area contributed by atoms with E-state index in [1.807, 2.05) is 18.5 Å². The molecule has 4 heterocycles. The molecule has 196 valence electrons. The zero-order chi connectivity index (χ0) is 26.5. The number of urea groups is 1. The number of hydrogen-bond donors (Lipinski definition) is 2. The first kappa shape index (κ1) is 26.2. The molecule has 1 saturated heterocycles. The quantitative estimate of drug-likeness (QED) is 0.548. The number of carbonyl (C=O) groups excluding carboxylic acids is 1. The molecule has 2 N–H and O–H groups in total. The molecule has 0 spiro atoms. The van der Waals surface area contributed by atoms with Gasteiger partial charge in [0.25, 0.3) is 0 Å². The third kappa shape index (κ3) is 5.29. The number of nitriles is 1. The number of rotatable bonds is 4. The normalized spacial score (nSPS) is 15.3. The Balaban J connectivity index is 0.00000156. The summed E-state index contributed by atoms with van der Waals surface area (Å²) in [6.07, 6.45) is 5.68. The van der Waals surface area contributed by atoms with Crippen molar-refractivity contribution in [3.63, 3.8) is 0 Å². The summed E-state index contributed by atoms with van der Waals surface area (Å²) >= 11 is 0. The number of nitrogens with one attached hydrogen (secondary N) is 2. The van der Waals surface area contributed by atoms with Gasteiger partial charge in [-0.05, 0) is 25.0 Å². The van der Waals surface area contributed by atoms with E-state index >= 15 is 4.39 Å². The lowest BCUT2D eigenvalue weighted by atomic mass is 10.0. The maximum Gasteiger partial charge on any atom is 0.317 e. The Hall–Kier alpha value is -3.91. The number of fused-ring (bicyclic) bond motifs is 1. The predicted molar refractivity (Wildman–Crippen MR) is 138 cm³/mol. The van der Waals surface area contributed by atoms with Crippen molar-refractivity contribution in [2.24, 2.45) is 7.05 Å². The molecule has 1 aromatic carbocycles. The molecule has 0 radical (unpaired) electrons. The van der Waals surface area contributed by atoms with Crippen molar-refractivity contribution in [3.8, 4) is 17.2 Å². The lowest BCUT2D eigenvalue weighted by Gasteiger charge is -2.29. The standard InChI is InChI=1S/C24H27FN8O2.C2H6/c1-27-24(34)32-6-3-22-19(14-32)23(30-33(22)17-4-7-35-8-5-17)29-21-9-15(11-26)18(10-20(21)25)16-12-28-31(2)13-16;1-2/h9-10,12-13,17H,3-8,14H2,1-2H3,(H,27,34)(H,29,30);1-2H3. The van der Waals surface area contributed by atoms with Gasteiger partial charge in [-0.15, -0.1) is 0 Å². The first-order chi connectivity index (χ1) is 18.0. The van der Waals surface area contributed by atoms with Crippen molar-refractivity contribution < 1.29 is 13.9 Å². The van der Waals surface area contributed by atoms with Gasteiger partial charge < -0.3 is 20.3 Å². The van der Waals surface area contributed by atoms with Gasteiger partial charge in [-0.3, -0.25) is 9.36 Å². The van der Waals surface area contributed by atoms with E-state index < -0.39 is 5.82 Å². The number of halogens is 1. The summed E-state index contributed by atoms with van der Waals surface area (Å²) < 4.78 is 24.4. The van der Waals surface area contributed by atoms with Crippen LogP contribution in [0.15, 0.2) is 24.5 Å². The smallest absolute Gasteiger partial charge is 0.317 e. The highest BCUT2D eigenvalue weighted by molar-refractivity contribution is 5.76. The number of hydrogen-bond acceptors (Lipinski definition) is 6. The van der Waals surface area contributed by atoms with Gasteiger partial charge in [-0.1, -0.05) is 13.8 Å². The Morgan fingerprint density at radius 3 is 2.68 bits per heavy atom. The van der Waals surface area contributed by atoms with Crippen molar-refractivity contribution >= 4 is 17.5 Å². The maximum absolute atomic E-state index is 15.3. The van der Waals surface area contributed by atoms with Crippen molar-refractivity contribution in [1.29, 1.82) is 5.26 Å². The minimum absolute atomic E-state index is 0.158. The van der Waals surface area contributed by atoms with E-state index in [2.05, 4.69) is 21.8 Å². The Kier molecular flexibility index (Phi) is 8.08. The molecule has 5 rings (SSSR count). The molecule has 2 amide bonds. The average Bonchev–Trinajstić information content (AvgIpc) is 3.54. The Bertz CT molecular complexity index is 1300. The molecule has 2 aromatic heterocycles. The van der Waals surface area contributed by atoms with Crippen molar-refractivity contribution in [2.75, 3.05) is 32.1 Å². The fourth-order valence-corrected chi connectivity index (χ4v) is 4.80. The Labute approximate surface area is 216 Å². The Morgan fingerprint density at radius 2 is 2.03 bits per heavy atom. The average molecular weight is 509 g/mol. The maximum atomic E-state index is 15.3. The largest absolute Gasteiger partial charge is 0.381 e. The van der Waals surface area contributed by atoms with E-state index in [0.717, 1.165) is 24.1 Å². The van der Waals surface area contributed by atoms with Crippen LogP contribution in [0.3, 0.4) is 0 Å². The van der Waals surface area contributed by atoms with E-state index in [1.165, 1.54) is 12.1 Å². The van der Waals surface area contributed by atoms with E-state index in [0.29, 0.717) is 55.2 Å². The van der Waals surface area contributed by atoms with Crippen LogP contribution in [0.2, 0.25) is 0 Å². The molecule has 3 aromatic rings. The van der Waals surface area contributed by atoms with Crippen LogP contribution < -0.4 is 10.6 Å². The predicted octanol–water partition coefficient (Wildman–Crippen LogP) is 4.11. The second-order valence-corrected chi connectivity index (χ2v) is 8.81. The van der Waals surface area contributed by atoms with Gasteiger partial charge in [-0.25, -0.2) is 9.18 Å². The first-order valence-corrected chi connectivity index (χ1v) is 12.6. The molecule has 0 aliphatic carbocycles. The minimum atomic E-state index is -0.504. The molecular formula is C26H33FN8O2. The van der Waals surface area contributed by atoms with Crippen LogP contribution in [-0.2, 0) is 24.8 Å². The van der Waals surface area contributed by atoms with Gasteiger partial charge >= 0.3 is 6.03 Å². The molecule has 0 saturated carbocycles. The minimum Gasteiger partial charge on any atom is -0.381 e. The molecule has 1 fully saturated rings. The number of aryl methyl sites for hydroxylation is 1. The van der Waals surface area contributed by atoms with Gasteiger partial charge in [0.2, 0.25) is 0 Å². The molecule has 0 bridgehead atoms. The van der Waals surface area contributed by atoms with Crippen LogP contribution in [0.4, 0.5) is 20.7 Å². The molecule has 0 atom stereocenters. The molecular weight excluding hydrogens is 475 g/mol. The van der Waals surface area contributed by atoms with E-state index in [-0.39, 0.29) is 17.8 Å². The molecule has 11 heteroatoms. The number of nitrogens with zero attached hydrogens (tertiary/aromatic N) is 6. The fourth-order valence-electron chi connectivity index (χ4n) is 4.80. The topological polar surface area (TPSA) is 113 Å². The van der Waals surface area contributed by atoms with Crippen molar-refractivity contribution in [3.05, 3.63) is 47.2 Å². The van der Waals surface area contributed by atoms with Gasteiger partial charge in [0.15, 0.2) is 5.82 Å². The van der Waals surface area contributed by atoms with Crippen molar-refractivity contribution in [2.45, 2.75) is 45.7 Å². The lowest BCUT2D eigenvalue weighted by molar-refractivity contribution is 0.0652. The van der Waals surface area contributed by atoms with Crippen LogP contribution in [0, 0.1) is 17.1 Å². The summed E-state index contributed by atoms with van der Waals surface area (Å²) in [6.45, 7) is 6.28. The van der Waals surface area contributed by atoms with Crippen LogP contribution >= 0.6 is 0 Å². The zero-order valence-corrected chi connectivity index (χ0v) is 21.7. The third-order valence-corrected chi connectivity index (χ3v) is 6.62. The third-order valence-electron chi connectivity index (χ3n) is 6.62. The summed E-state index contributed by atoms with van der Waals surface area (Å²) in [6, 6.07) is 5.02. The van der Waals surface area contributed by atoms with E-state index in [9.17, 15) is 10.1 Å². The summed E-state index contributed by atoms with van der Waals surface area (Å²) in [7, 11) is 3.37. The fraction of sp³-hybridized carbons (Fsp3) is 0.462. The van der Waals surface area contributed by atoms with Crippen LogP contribution in [0.5, 0.6) is 0 Å². The molecule has 0 unspecified atom stereocenters. The highest BCUT2D eigenvalue weighted by atomic mass is 19.1. The summed E-state index contributed by atoms with van der Waals surface area (Å²) in [4.78, 5) is 14.0. The van der Waals surface area contributed by atoms with Gasteiger partial charge in [0.05, 0.1) is 36.1 Å². The van der Waals surface area contributed by atoms with E-state index in [4.69, 9.17) is 9.84 Å². The second-order valence-electron chi connectivity index (χ2n) is 8.81. The highest BCUT2D eigenvalue weighted by Gasteiger charge is 2.31. The van der Waals surface area contributed by atoms with E-state index in [1.54, 1.807) is 36.1 Å². The summed E-state index contributed by atoms with van der Waals surface area (Å²) in [5, 5.41) is 24.5. The number of anilines is 2. The van der Waals surface area contributed by atoms with Crippen molar-refractivity contribution in [1.82, 2.24) is 29.8 Å². The van der Waals surface area contributed by atoms with Crippen LogP contribution in [-0.4, -0.2) is 57.3 Å². The molecule has 37 heavy (non-hydrogen) atoms. The number of amides is 2. The number of benzene rings is 1. The summed E-state index contributed by atoms with van der Waals surface area (Å²) in [5.41, 5.74) is 3.53. The Morgan fingerprint density at radius 1 is 1.27 bits per heavy atom. The first-order valence-electron chi connectivity index (χ1n) is 12.6. The highest BCUT2D eigenvalue weighted by Crippen LogP contribution is 2.35. The number of carbonyl (C=O) groups is 1. The van der Waals surface area contributed by atoms with Crippen LogP contribution in [0.25, 0.3) is 11.1 Å². The number of aromatic nitrogens is 4. The zero-order valence-electron chi connectivity index (χ0n) is 21.7. The number of ether oxygens (including phenoxy) is 1. The SMILES string of the molecule is CC.CNC(=O)N1CCc2c(c(Nc3cc(C#N)c(-c4cnn(C)c4)cc3F)nn2C2CCOCC2)C1. The molecule has 2 aliphatic heterocycles. The van der Waals surface area contributed by atoms with Gasteiger partial charge in [0, 0.05) is 68.9 Å². The molecule has 10 nitrogen and oxygen atoms in total. The molecule has 2 aliphatic rings. The summed E-state index contributed by atoms with van der Waals surface area (Å²) in [5.74, 6) is -0.00630. The monoisotopic (exact) mass is 508 g/mol. The lowest BCUT2D eigenvalue weighted by Crippen LogP contribution is -2.41. The van der Waals surface area contributed by atoms with Gasteiger partial charge in [0.1, 0.15) is 5.82 Å².